The van der Waals surface area contributed by atoms with Crippen LogP contribution in [0.4, 0.5) is 0 Å². The summed E-state index contributed by atoms with van der Waals surface area (Å²) in [5.41, 5.74) is 3.45. The van der Waals surface area contributed by atoms with Crippen molar-refractivity contribution in [2.75, 3.05) is 0 Å². The number of nitrogens with one attached hydrogen (secondary N) is 2. The monoisotopic (exact) mass is 475 g/mol. The van der Waals surface area contributed by atoms with E-state index in [2.05, 4.69) is 20.1 Å². The summed E-state index contributed by atoms with van der Waals surface area (Å²) in [6.45, 7) is 3.74. The number of carbonyl (C=O) groups excluding carboxylic acids is 1. The number of amides is 1. The van der Waals surface area contributed by atoms with Crippen LogP contribution in [0.25, 0.3) is 5.69 Å². The van der Waals surface area contributed by atoms with Crippen molar-refractivity contribution in [3.63, 3.8) is 0 Å². The number of nitrogens with zero attached hydrogens (tertiary/aromatic N) is 3. The number of carbonyl (C=O) groups is 1. The zero-order chi connectivity index (χ0) is 24.1. The smallest absolute Gasteiger partial charge is 0.251 e. The van der Waals surface area contributed by atoms with Gasteiger partial charge in [0.25, 0.3) is 5.91 Å². The summed E-state index contributed by atoms with van der Waals surface area (Å²) in [5, 5.41) is 7.03. The minimum Gasteiger partial charge on any atom is -0.346 e. The lowest BCUT2D eigenvalue weighted by Crippen LogP contribution is -2.28. The summed E-state index contributed by atoms with van der Waals surface area (Å²) in [4.78, 5) is 16.9. The molecule has 0 saturated carbocycles. The molecular weight excluding hydrogens is 450 g/mol. The highest BCUT2D eigenvalue weighted by molar-refractivity contribution is 7.89. The van der Waals surface area contributed by atoms with Crippen molar-refractivity contribution in [1.82, 2.24) is 24.8 Å². The third kappa shape index (κ3) is 5.38. The molecule has 0 saturated heterocycles. The first kappa shape index (κ1) is 23.3. The van der Waals surface area contributed by atoms with Gasteiger partial charge in [-0.2, -0.15) is 5.10 Å². The van der Waals surface area contributed by atoms with Crippen molar-refractivity contribution in [3.8, 4) is 5.69 Å². The molecule has 3 aromatic carbocycles. The van der Waals surface area contributed by atoms with Crippen LogP contribution in [0.15, 0.2) is 90.3 Å². The van der Waals surface area contributed by atoms with Gasteiger partial charge in [-0.05, 0) is 54.8 Å². The summed E-state index contributed by atoms with van der Waals surface area (Å²) in [6.07, 6.45) is 3.07. The highest BCUT2D eigenvalue weighted by Crippen LogP contribution is 2.20. The summed E-state index contributed by atoms with van der Waals surface area (Å²) in [5.74, 6) is -0.354. The highest BCUT2D eigenvalue weighted by atomic mass is 32.2. The molecule has 0 radical (unpaired) electrons. The second-order valence-electron chi connectivity index (χ2n) is 7.92. The van der Waals surface area contributed by atoms with Gasteiger partial charge in [-0.3, -0.25) is 4.79 Å². The van der Waals surface area contributed by atoms with Gasteiger partial charge < -0.3 is 5.32 Å². The summed E-state index contributed by atoms with van der Waals surface area (Å²) in [7, 11) is -3.80. The highest BCUT2D eigenvalue weighted by Gasteiger charge is 2.20. The van der Waals surface area contributed by atoms with Gasteiger partial charge in [0, 0.05) is 12.1 Å². The number of rotatable bonds is 8. The van der Waals surface area contributed by atoms with Gasteiger partial charge in [-0.25, -0.2) is 22.8 Å². The molecule has 0 aliphatic carbocycles. The Morgan fingerprint density at radius 1 is 1.03 bits per heavy atom. The molecule has 4 aromatic rings. The van der Waals surface area contributed by atoms with Crippen LogP contribution in [-0.2, 0) is 16.6 Å². The molecule has 0 bridgehead atoms. The standard InChI is InChI=1S/C25H25N5O3S/c1-18-8-9-22(14-24(18)34(32,33)28-15-20-6-4-3-5-7-20)25(31)29-19(2)21-10-12-23(13-11-21)30-17-26-16-27-30/h3-14,16-17,19,28H,15H2,1-2H3,(H,29,31). The minimum absolute atomic E-state index is 0.0842. The Morgan fingerprint density at radius 3 is 2.44 bits per heavy atom. The second-order valence-corrected chi connectivity index (χ2v) is 9.65. The quantitative estimate of drug-likeness (QED) is 0.405. The second kappa shape index (κ2) is 9.98. The fourth-order valence-electron chi connectivity index (χ4n) is 3.50. The Bertz CT molecular complexity index is 1370. The van der Waals surface area contributed by atoms with Crippen LogP contribution < -0.4 is 10.0 Å². The third-order valence-corrected chi connectivity index (χ3v) is 7.02. The summed E-state index contributed by atoms with van der Waals surface area (Å²) in [6, 6.07) is 21.3. The first-order chi connectivity index (χ1) is 16.3. The van der Waals surface area contributed by atoms with E-state index in [1.54, 1.807) is 30.1 Å². The Morgan fingerprint density at radius 2 is 1.76 bits per heavy atom. The Kier molecular flexibility index (Phi) is 6.85. The van der Waals surface area contributed by atoms with Gasteiger partial charge in [-0.1, -0.05) is 48.5 Å². The van der Waals surface area contributed by atoms with Crippen molar-refractivity contribution in [1.29, 1.82) is 0 Å². The average molecular weight is 476 g/mol. The van der Waals surface area contributed by atoms with Crippen LogP contribution in [0.3, 0.4) is 0 Å². The van der Waals surface area contributed by atoms with E-state index < -0.39 is 10.0 Å². The molecule has 0 aliphatic heterocycles. The van der Waals surface area contributed by atoms with Crippen molar-refractivity contribution < 1.29 is 13.2 Å². The Hall–Kier alpha value is -3.82. The van der Waals surface area contributed by atoms with E-state index in [1.165, 1.54) is 12.4 Å². The number of hydrogen-bond acceptors (Lipinski definition) is 5. The van der Waals surface area contributed by atoms with Crippen molar-refractivity contribution >= 4 is 15.9 Å². The van der Waals surface area contributed by atoms with Crippen molar-refractivity contribution in [3.05, 3.63) is 108 Å². The molecule has 0 spiro atoms. The molecule has 0 aliphatic rings. The van der Waals surface area contributed by atoms with Gasteiger partial charge in [0.15, 0.2) is 0 Å². The van der Waals surface area contributed by atoms with Gasteiger partial charge in [0.2, 0.25) is 10.0 Å². The van der Waals surface area contributed by atoms with Gasteiger partial charge in [-0.15, -0.1) is 0 Å². The van der Waals surface area contributed by atoms with Crippen LogP contribution in [-0.4, -0.2) is 29.1 Å². The predicted molar refractivity (Wildman–Crippen MR) is 129 cm³/mol. The van der Waals surface area contributed by atoms with Crippen molar-refractivity contribution in [2.45, 2.75) is 31.3 Å². The molecule has 174 valence electrons. The van der Waals surface area contributed by atoms with Crippen LogP contribution in [0.2, 0.25) is 0 Å². The molecular formula is C25H25N5O3S. The van der Waals surface area contributed by atoms with Gasteiger partial charge in [0.1, 0.15) is 12.7 Å². The molecule has 1 heterocycles. The molecule has 2 N–H and O–H groups in total. The van der Waals surface area contributed by atoms with E-state index in [0.29, 0.717) is 5.56 Å². The number of benzene rings is 3. The zero-order valence-electron chi connectivity index (χ0n) is 18.8. The molecule has 4 rings (SSSR count). The molecule has 0 fully saturated rings. The SMILES string of the molecule is Cc1ccc(C(=O)NC(C)c2ccc(-n3cncn3)cc2)cc1S(=O)(=O)NCc1ccccc1. The Balaban J connectivity index is 1.46. The van der Waals surface area contributed by atoms with E-state index >= 15 is 0 Å². The lowest BCUT2D eigenvalue weighted by Gasteiger charge is -2.16. The first-order valence-electron chi connectivity index (χ1n) is 10.7. The van der Waals surface area contributed by atoms with Crippen LogP contribution >= 0.6 is 0 Å². The number of aromatic nitrogens is 3. The van der Waals surface area contributed by atoms with E-state index in [4.69, 9.17) is 0 Å². The summed E-state index contributed by atoms with van der Waals surface area (Å²) >= 11 is 0. The number of aryl methyl sites for hydroxylation is 1. The Labute approximate surface area is 198 Å². The fraction of sp³-hybridized carbons (Fsp3) is 0.160. The third-order valence-electron chi connectivity index (χ3n) is 5.47. The van der Waals surface area contributed by atoms with Crippen LogP contribution in [0.5, 0.6) is 0 Å². The maximum absolute atomic E-state index is 12.9. The fourth-order valence-corrected chi connectivity index (χ4v) is 4.79. The minimum atomic E-state index is -3.80. The first-order valence-corrected chi connectivity index (χ1v) is 12.2. The van der Waals surface area contributed by atoms with E-state index in [0.717, 1.165) is 16.8 Å². The van der Waals surface area contributed by atoms with E-state index in [9.17, 15) is 13.2 Å². The predicted octanol–water partition coefficient (Wildman–Crippen LogP) is 3.55. The normalized spacial score (nSPS) is 12.3. The van der Waals surface area contributed by atoms with E-state index in [1.807, 2.05) is 61.5 Å². The number of sulfonamides is 1. The molecule has 1 atom stereocenters. The van der Waals surface area contributed by atoms with Crippen LogP contribution in [0, 0.1) is 6.92 Å². The van der Waals surface area contributed by atoms with Gasteiger partial charge >= 0.3 is 0 Å². The summed E-state index contributed by atoms with van der Waals surface area (Å²) < 4.78 is 30.1. The molecule has 1 amide bonds. The number of hydrogen-bond donors (Lipinski definition) is 2. The van der Waals surface area contributed by atoms with Crippen LogP contribution in [0.1, 0.15) is 40.0 Å². The molecule has 1 unspecified atom stereocenters. The molecule has 1 aromatic heterocycles. The lowest BCUT2D eigenvalue weighted by atomic mass is 10.1. The largest absolute Gasteiger partial charge is 0.346 e. The maximum atomic E-state index is 12.9. The van der Waals surface area contributed by atoms with Gasteiger partial charge in [0.05, 0.1) is 16.6 Å². The lowest BCUT2D eigenvalue weighted by molar-refractivity contribution is 0.0939. The average Bonchev–Trinajstić information content (AvgIpc) is 3.39. The topological polar surface area (TPSA) is 106 Å². The van der Waals surface area contributed by atoms with E-state index in [-0.39, 0.29) is 29.0 Å². The molecule has 9 heteroatoms. The molecule has 8 nitrogen and oxygen atoms in total. The molecule has 34 heavy (non-hydrogen) atoms. The zero-order valence-corrected chi connectivity index (χ0v) is 19.7. The van der Waals surface area contributed by atoms with Crippen molar-refractivity contribution in [2.24, 2.45) is 0 Å². The maximum Gasteiger partial charge on any atom is 0.251 e.